The summed E-state index contributed by atoms with van der Waals surface area (Å²) in [5.74, 6) is -0.873. The quantitative estimate of drug-likeness (QED) is 0.684. The van der Waals surface area contributed by atoms with Gasteiger partial charge < -0.3 is 5.11 Å². The van der Waals surface area contributed by atoms with Gasteiger partial charge >= 0.3 is 5.97 Å². The van der Waals surface area contributed by atoms with E-state index in [2.05, 4.69) is 0 Å². The first-order valence-corrected chi connectivity index (χ1v) is 3.84. The molecule has 3 heteroatoms. The molecule has 0 aromatic heterocycles. The fourth-order valence-corrected chi connectivity index (χ4v) is 1.02. The molecule has 0 saturated heterocycles. The lowest BCUT2D eigenvalue weighted by Crippen LogP contribution is -1.97. The van der Waals surface area contributed by atoms with E-state index in [9.17, 15) is 4.79 Å². The molecule has 1 aromatic carbocycles. The Morgan fingerprint density at radius 1 is 1.42 bits per heavy atom. The highest BCUT2D eigenvalue weighted by Gasteiger charge is 2.00. The number of hydrogen-bond donors (Lipinski definition) is 1. The molecule has 0 aliphatic heterocycles. The van der Waals surface area contributed by atoms with Gasteiger partial charge in [-0.1, -0.05) is 30.8 Å². The fraction of sp³-hybridized carbons (Fsp3) is 0.222. The van der Waals surface area contributed by atoms with E-state index in [4.69, 9.17) is 5.11 Å². The molecule has 0 heterocycles. The number of carboxylic acid groups (broad SMARTS) is 1. The SMILES string of the molecule is C[B]Cc1ccc(C(=O)O)cc1. The summed E-state index contributed by atoms with van der Waals surface area (Å²) >= 11 is 0. The lowest BCUT2D eigenvalue weighted by Gasteiger charge is -1.97. The van der Waals surface area contributed by atoms with E-state index in [0.29, 0.717) is 5.56 Å². The van der Waals surface area contributed by atoms with Gasteiger partial charge in [0.15, 0.2) is 0 Å². The smallest absolute Gasteiger partial charge is 0.335 e. The summed E-state index contributed by atoms with van der Waals surface area (Å²) in [7, 11) is 2.04. The van der Waals surface area contributed by atoms with Crippen LogP contribution >= 0.6 is 0 Å². The molecule has 1 rings (SSSR count). The van der Waals surface area contributed by atoms with Gasteiger partial charge in [0.25, 0.3) is 0 Å². The molecule has 0 fully saturated rings. The van der Waals surface area contributed by atoms with E-state index < -0.39 is 5.97 Å². The Morgan fingerprint density at radius 3 is 2.42 bits per heavy atom. The van der Waals surface area contributed by atoms with Crippen LogP contribution in [0.1, 0.15) is 15.9 Å². The van der Waals surface area contributed by atoms with E-state index in [1.165, 1.54) is 0 Å². The van der Waals surface area contributed by atoms with Crippen molar-refractivity contribution in [2.24, 2.45) is 0 Å². The van der Waals surface area contributed by atoms with Gasteiger partial charge in [-0.3, -0.25) is 0 Å². The Bertz CT molecular complexity index is 266. The third kappa shape index (κ3) is 2.12. The zero-order valence-corrected chi connectivity index (χ0v) is 6.95. The molecule has 1 N–H and O–H groups in total. The van der Waals surface area contributed by atoms with E-state index >= 15 is 0 Å². The van der Waals surface area contributed by atoms with Crippen molar-refractivity contribution in [1.82, 2.24) is 0 Å². The van der Waals surface area contributed by atoms with Crippen LogP contribution in [0.15, 0.2) is 24.3 Å². The van der Waals surface area contributed by atoms with Gasteiger partial charge in [0.1, 0.15) is 7.28 Å². The normalized spacial score (nSPS) is 9.42. The summed E-state index contributed by atoms with van der Waals surface area (Å²) in [4.78, 5) is 10.5. The summed E-state index contributed by atoms with van der Waals surface area (Å²) in [6.45, 7) is 1.98. The molecule has 2 nitrogen and oxygen atoms in total. The molecule has 61 valence electrons. The van der Waals surface area contributed by atoms with Gasteiger partial charge in [-0.05, 0) is 12.1 Å². The fourth-order valence-electron chi connectivity index (χ4n) is 1.02. The predicted octanol–water partition coefficient (Wildman–Crippen LogP) is 1.64. The van der Waals surface area contributed by atoms with E-state index in [-0.39, 0.29) is 0 Å². The van der Waals surface area contributed by atoms with Crippen LogP contribution in [0.5, 0.6) is 0 Å². The molecule has 1 aromatic rings. The first-order chi connectivity index (χ1) is 5.74. The average Bonchev–Trinajstić information content (AvgIpc) is 2.06. The van der Waals surface area contributed by atoms with Crippen LogP contribution in [-0.4, -0.2) is 18.4 Å². The average molecular weight is 161 g/mol. The molecule has 12 heavy (non-hydrogen) atoms. The second-order valence-electron chi connectivity index (χ2n) is 2.61. The third-order valence-corrected chi connectivity index (χ3v) is 1.64. The van der Waals surface area contributed by atoms with Crippen molar-refractivity contribution in [3.8, 4) is 0 Å². The highest BCUT2D eigenvalue weighted by atomic mass is 16.4. The molecular weight excluding hydrogens is 151 g/mol. The minimum Gasteiger partial charge on any atom is -0.478 e. The Kier molecular flexibility index (Phi) is 2.91. The van der Waals surface area contributed by atoms with Crippen LogP contribution in [0.25, 0.3) is 0 Å². The second kappa shape index (κ2) is 3.95. The third-order valence-electron chi connectivity index (χ3n) is 1.64. The Labute approximate surface area is 72.5 Å². The predicted molar refractivity (Wildman–Crippen MR) is 48.7 cm³/mol. The van der Waals surface area contributed by atoms with Gasteiger partial charge in [0.05, 0.1) is 5.56 Å². The molecular formula is C9H10BO2. The lowest BCUT2D eigenvalue weighted by molar-refractivity contribution is 0.0697. The van der Waals surface area contributed by atoms with Crippen LogP contribution in [0.4, 0.5) is 0 Å². The molecule has 1 radical (unpaired) electrons. The van der Waals surface area contributed by atoms with Gasteiger partial charge in [-0.15, -0.1) is 0 Å². The topological polar surface area (TPSA) is 37.3 Å². The van der Waals surface area contributed by atoms with Crippen LogP contribution in [0.2, 0.25) is 6.82 Å². The maximum Gasteiger partial charge on any atom is 0.335 e. The van der Waals surface area contributed by atoms with Crippen molar-refractivity contribution in [2.45, 2.75) is 13.1 Å². The van der Waals surface area contributed by atoms with Crippen LogP contribution in [-0.2, 0) is 6.32 Å². The van der Waals surface area contributed by atoms with Crippen molar-refractivity contribution in [3.63, 3.8) is 0 Å². The molecule has 0 atom stereocenters. The number of carboxylic acids is 1. The highest BCUT2D eigenvalue weighted by molar-refractivity contribution is 6.32. The van der Waals surface area contributed by atoms with Crippen LogP contribution in [0.3, 0.4) is 0 Å². The minimum atomic E-state index is -0.873. The first-order valence-electron chi connectivity index (χ1n) is 3.84. The van der Waals surface area contributed by atoms with Gasteiger partial charge in [0, 0.05) is 0 Å². The summed E-state index contributed by atoms with van der Waals surface area (Å²) in [5, 5.41) is 8.60. The van der Waals surface area contributed by atoms with Crippen molar-refractivity contribution in [3.05, 3.63) is 35.4 Å². The second-order valence-corrected chi connectivity index (χ2v) is 2.61. The minimum absolute atomic E-state index is 0.342. The molecule has 0 bridgehead atoms. The maximum absolute atomic E-state index is 10.5. The Hall–Kier alpha value is -1.25. The van der Waals surface area contributed by atoms with E-state index in [1.807, 2.05) is 26.2 Å². The molecule has 0 aliphatic rings. The van der Waals surface area contributed by atoms with Crippen molar-refractivity contribution >= 4 is 13.2 Å². The van der Waals surface area contributed by atoms with Crippen molar-refractivity contribution < 1.29 is 9.90 Å². The first kappa shape index (κ1) is 8.85. The van der Waals surface area contributed by atoms with Gasteiger partial charge in [-0.25, -0.2) is 4.79 Å². The molecule has 0 amide bonds. The number of hydrogen-bond acceptors (Lipinski definition) is 1. The number of rotatable bonds is 3. The van der Waals surface area contributed by atoms with Crippen molar-refractivity contribution in [2.75, 3.05) is 0 Å². The van der Waals surface area contributed by atoms with E-state index in [1.54, 1.807) is 12.1 Å². The lowest BCUT2D eigenvalue weighted by atomic mass is 9.75. The largest absolute Gasteiger partial charge is 0.478 e. The van der Waals surface area contributed by atoms with E-state index in [0.717, 1.165) is 11.9 Å². The zero-order chi connectivity index (χ0) is 8.97. The Morgan fingerprint density at radius 2 is 2.00 bits per heavy atom. The Balaban J connectivity index is 2.78. The summed E-state index contributed by atoms with van der Waals surface area (Å²) in [5.41, 5.74) is 1.48. The summed E-state index contributed by atoms with van der Waals surface area (Å²) in [6.07, 6.45) is 0.889. The number of aromatic carboxylic acids is 1. The number of benzene rings is 1. The summed E-state index contributed by atoms with van der Waals surface area (Å²) in [6, 6.07) is 6.93. The maximum atomic E-state index is 10.5. The molecule has 0 aliphatic carbocycles. The molecule has 0 saturated carbocycles. The number of carbonyl (C=O) groups is 1. The van der Waals surface area contributed by atoms with Crippen molar-refractivity contribution in [1.29, 1.82) is 0 Å². The summed E-state index contributed by atoms with van der Waals surface area (Å²) < 4.78 is 0. The standard InChI is InChI=1S/C9H10BO2/c1-10-6-7-2-4-8(5-3-7)9(11)12/h2-5H,6H2,1H3,(H,11,12). The van der Waals surface area contributed by atoms with Gasteiger partial charge in [-0.2, -0.15) is 0 Å². The highest BCUT2D eigenvalue weighted by Crippen LogP contribution is 2.04. The van der Waals surface area contributed by atoms with Gasteiger partial charge in [0.2, 0.25) is 0 Å². The molecule has 0 spiro atoms. The zero-order valence-electron chi connectivity index (χ0n) is 6.95. The molecule has 0 unspecified atom stereocenters. The van der Waals surface area contributed by atoms with Crippen LogP contribution < -0.4 is 0 Å². The van der Waals surface area contributed by atoms with Crippen LogP contribution in [0, 0.1) is 0 Å². The monoisotopic (exact) mass is 161 g/mol.